The first kappa shape index (κ1) is 20.3. The second-order valence-electron chi connectivity index (χ2n) is 7.74. The predicted molar refractivity (Wildman–Crippen MR) is 107 cm³/mol. The number of aromatic amines is 1. The van der Waals surface area contributed by atoms with E-state index in [4.69, 9.17) is 4.42 Å². The zero-order valence-corrected chi connectivity index (χ0v) is 16.2. The maximum atomic E-state index is 12.7. The molecular formula is C22H21F3N2O3. The van der Waals surface area contributed by atoms with E-state index in [-0.39, 0.29) is 18.1 Å². The van der Waals surface area contributed by atoms with Gasteiger partial charge in [0.25, 0.3) is 0 Å². The molecule has 0 amide bonds. The molecule has 4 rings (SSSR count). The molecule has 0 unspecified atom stereocenters. The van der Waals surface area contributed by atoms with Crippen LogP contribution in [0.5, 0.6) is 0 Å². The number of rotatable bonds is 5. The Bertz CT molecular complexity index is 1090. The molecule has 30 heavy (non-hydrogen) atoms. The standard InChI is InChI=1S/C22H21F3N2O3/c23-22(24,25)16-2-4-17(5-3-16)27-9-7-14(8-10-27)11-18(28)12-15-1-6-19-20(13-15)30-21(29)26-19/h1-6,13-14H,7-12H2,(H,26,29). The fourth-order valence-electron chi connectivity index (χ4n) is 3.98. The molecule has 0 radical (unpaired) electrons. The SMILES string of the molecule is O=C(Cc1ccc2[nH]c(=O)oc2c1)CC1CCN(c2ccc(C(F)(F)F)cc2)CC1. The number of nitrogens with one attached hydrogen (secondary N) is 1. The van der Waals surface area contributed by atoms with Crippen molar-refractivity contribution < 1.29 is 22.4 Å². The summed E-state index contributed by atoms with van der Waals surface area (Å²) in [7, 11) is 0. The minimum Gasteiger partial charge on any atom is -0.408 e. The van der Waals surface area contributed by atoms with Gasteiger partial charge in [0.2, 0.25) is 0 Å². The molecule has 3 aromatic rings. The number of H-pyrrole nitrogens is 1. The third kappa shape index (κ3) is 4.58. The van der Waals surface area contributed by atoms with Gasteiger partial charge in [-0.1, -0.05) is 6.07 Å². The summed E-state index contributed by atoms with van der Waals surface area (Å²) in [5.74, 6) is -0.134. The lowest BCUT2D eigenvalue weighted by Crippen LogP contribution is -2.34. The molecule has 0 bridgehead atoms. The second kappa shape index (κ2) is 8.01. The van der Waals surface area contributed by atoms with Crippen LogP contribution in [0.4, 0.5) is 18.9 Å². The van der Waals surface area contributed by atoms with Crippen LogP contribution in [0.25, 0.3) is 11.1 Å². The Hall–Kier alpha value is -3.03. The van der Waals surface area contributed by atoms with E-state index >= 15 is 0 Å². The summed E-state index contributed by atoms with van der Waals surface area (Å²) in [6.07, 6.45) is -1.94. The molecule has 1 saturated heterocycles. The first-order valence-electron chi connectivity index (χ1n) is 9.83. The second-order valence-corrected chi connectivity index (χ2v) is 7.74. The van der Waals surface area contributed by atoms with Gasteiger partial charge in [-0.25, -0.2) is 4.79 Å². The van der Waals surface area contributed by atoms with Crippen molar-refractivity contribution in [1.29, 1.82) is 0 Å². The third-order valence-electron chi connectivity index (χ3n) is 5.58. The van der Waals surface area contributed by atoms with E-state index in [1.807, 2.05) is 0 Å². The highest BCUT2D eigenvalue weighted by molar-refractivity contribution is 5.82. The van der Waals surface area contributed by atoms with E-state index in [0.29, 0.717) is 30.6 Å². The van der Waals surface area contributed by atoms with Crippen LogP contribution in [0.2, 0.25) is 0 Å². The molecule has 1 N–H and O–H groups in total. The lowest BCUT2D eigenvalue weighted by Gasteiger charge is -2.33. The fourth-order valence-corrected chi connectivity index (χ4v) is 3.98. The molecule has 8 heteroatoms. The van der Waals surface area contributed by atoms with Gasteiger partial charge in [0.05, 0.1) is 11.1 Å². The van der Waals surface area contributed by atoms with Crippen LogP contribution in [0.15, 0.2) is 51.7 Å². The summed E-state index contributed by atoms with van der Waals surface area (Å²) in [6.45, 7) is 1.42. The summed E-state index contributed by atoms with van der Waals surface area (Å²) in [6, 6.07) is 10.5. The minimum absolute atomic E-state index is 0.125. The Kier molecular flexibility index (Phi) is 5.40. The first-order valence-corrected chi connectivity index (χ1v) is 9.83. The van der Waals surface area contributed by atoms with Crippen molar-refractivity contribution in [3.8, 4) is 0 Å². The number of fused-ring (bicyclic) bond motifs is 1. The highest BCUT2D eigenvalue weighted by Crippen LogP contribution is 2.32. The number of benzene rings is 2. The Morgan fingerprint density at radius 1 is 1.10 bits per heavy atom. The number of aromatic nitrogens is 1. The molecular weight excluding hydrogens is 397 g/mol. The number of carbonyl (C=O) groups excluding carboxylic acids is 1. The maximum Gasteiger partial charge on any atom is 0.417 e. The Morgan fingerprint density at radius 3 is 2.47 bits per heavy atom. The summed E-state index contributed by atoms with van der Waals surface area (Å²) in [4.78, 5) is 28.3. The Balaban J connectivity index is 1.29. The zero-order chi connectivity index (χ0) is 21.3. The van der Waals surface area contributed by atoms with E-state index in [1.54, 1.807) is 18.2 Å². The average molecular weight is 418 g/mol. The normalized spacial score (nSPS) is 15.6. The van der Waals surface area contributed by atoms with Gasteiger partial charge in [0.15, 0.2) is 5.58 Å². The predicted octanol–water partition coefficient (Wildman–Crippen LogP) is 4.56. The van der Waals surface area contributed by atoms with Crippen molar-refractivity contribution in [3.63, 3.8) is 0 Å². The molecule has 5 nitrogen and oxygen atoms in total. The van der Waals surface area contributed by atoms with Gasteiger partial charge in [0, 0.05) is 31.6 Å². The zero-order valence-electron chi connectivity index (χ0n) is 16.2. The molecule has 158 valence electrons. The van der Waals surface area contributed by atoms with Crippen LogP contribution < -0.4 is 10.7 Å². The average Bonchev–Trinajstić information content (AvgIpc) is 3.07. The van der Waals surface area contributed by atoms with Gasteiger partial charge >= 0.3 is 11.9 Å². The Labute approximate surface area is 170 Å². The van der Waals surface area contributed by atoms with Crippen LogP contribution in [0.3, 0.4) is 0 Å². The van der Waals surface area contributed by atoms with Gasteiger partial charge in [0.1, 0.15) is 5.78 Å². The Morgan fingerprint density at radius 2 is 1.80 bits per heavy atom. The minimum atomic E-state index is -4.33. The highest BCUT2D eigenvalue weighted by atomic mass is 19.4. The van der Waals surface area contributed by atoms with E-state index in [9.17, 15) is 22.8 Å². The number of oxazole rings is 1. The molecule has 1 aliphatic heterocycles. The summed E-state index contributed by atoms with van der Waals surface area (Å²) in [5, 5.41) is 0. The number of hydrogen-bond donors (Lipinski definition) is 1. The summed E-state index contributed by atoms with van der Waals surface area (Å²) in [5.41, 5.74) is 1.97. The molecule has 2 heterocycles. The number of nitrogens with zero attached hydrogens (tertiary/aromatic N) is 1. The number of alkyl halides is 3. The highest BCUT2D eigenvalue weighted by Gasteiger charge is 2.30. The number of halogens is 3. The van der Waals surface area contributed by atoms with Crippen molar-refractivity contribution in [1.82, 2.24) is 4.98 Å². The van der Waals surface area contributed by atoms with Gasteiger partial charge < -0.3 is 9.32 Å². The van der Waals surface area contributed by atoms with Gasteiger partial charge in [-0.15, -0.1) is 0 Å². The maximum absolute atomic E-state index is 12.7. The third-order valence-corrected chi connectivity index (χ3v) is 5.58. The number of anilines is 1. The van der Waals surface area contributed by atoms with Crippen LogP contribution in [-0.2, 0) is 17.4 Å². The van der Waals surface area contributed by atoms with Crippen molar-refractivity contribution in [2.75, 3.05) is 18.0 Å². The molecule has 1 aromatic heterocycles. The van der Waals surface area contributed by atoms with Crippen molar-refractivity contribution in [2.45, 2.75) is 31.9 Å². The van der Waals surface area contributed by atoms with Gasteiger partial charge in [-0.2, -0.15) is 13.2 Å². The first-order chi connectivity index (χ1) is 14.3. The van der Waals surface area contributed by atoms with Crippen LogP contribution in [0.1, 0.15) is 30.4 Å². The van der Waals surface area contributed by atoms with Gasteiger partial charge in [-0.3, -0.25) is 9.78 Å². The molecule has 0 atom stereocenters. The molecule has 2 aromatic carbocycles. The van der Waals surface area contributed by atoms with Gasteiger partial charge in [-0.05, 0) is 60.7 Å². The number of piperidine rings is 1. The lowest BCUT2D eigenvalue weighted by molar-refractivity contribution is -0.137. The van der Waals surface area contributed by atoms with Crippen LogP contribution >= 0.6 is 0 Å². The topological polar surface area (TPSA) is 66.3 Å². The molecule has 0 aliphatic carbocycles. The van der Waals surface area contributed by atoms with E-state index in [0.717, 1.165) is 36.2 Å². The summed E-state index contributed by atoms with van der Waals surface area (Å²) >= 11 is 0. The van der Waals surface area contributed by atoms with E-state index < -0.39 is 17.5 Å². The number of Topliss-reactive ketones (excluding diaryl/α,β-unsaturated/α-hetero) is 1. The van der Waals surface area contributed by atoms with Crippen LogP contribution in [0, 0.1) is 5.92 Å². The van der Waals surface area contributed by atoms with Crippen molar-refractivity contribution in [3.05, 3.63) is 64.1 Å². The fraction of sp³-hybridized carbons (Fsp3) is 0.364. The summed E-state index contributed by atoms with van der Waals surface area (Å²) < 4.78 is 43.1. The van der Waals surface area contributed by atoms with Crippen LogP contribution in [-0.4, -0.2) is 23.9 Å². The largest absolute Gasteiger partial charge is 0.417 e. The number of carbonyl (C=O) groups is 1. The van der Waals surface area contributed by atoms with E-state index in [1.165, 1.54) is 12.1 Å². The lowest BCUT2D eigenvalue weighted by atomic mass is 9.90. The molecule has 1 aliphatic rings. The van der Waals surface area contributed by atoms with Crippen molar-refractivity contribution in [2.24, 2.45) is 5.92 Å². The molecule has 0 saturated carbocycles. The molecule has 1 fully saturated rings. The quantitative estimate of drug-likeness (QED) is 0.660. The van der Waals surface area contributed by atoms with Crippen molar-refractivity contribution >= 4 is 22.6 Å². The van der Waals surface area contributed by atoms with E-state index in [2.05, 4.69) is 9.88 Å². The number of ketones is 1. The monoisotopic (exact) mass is 418 g/mol. The molecule has 0 spiro atoms. The smallest absolute Gasteiger partial charge is 0.408 e. The number of hydrogen-bond acceptors (Lipinski definition) is 4.